The first-order valence-electron chi connectivity index (χ1n) is 5.11. The van der Waals surface area contributed by atoms with Crippen LogP contribution in [-0.4, -0.2) is 0 Å². The van der Waals surface area contributed by atoms with Crippen LogP contribution in [0, 0.1) is 0 Å². The molecule has 0 fully saturated rings. The fourth-order valence-electron chi connectivity index (χ4n) is 1.39. The molecule has 0 atom stereocenters. The molecule has 1 aromatic carbocycles. The van der Waals surface area contributed by atoms with Gasteiger partial charge in [0, 0.05) is 5.54 Å². The molecule has 0 aromatic heterocycles. The Morgan fingerprint density at radius 1 is 0.929 bits per heavy atom. The van der Waals surface area contributed by atoms with Gasteiger partial charge in [-0.05, 0) is 30.4 Å². The topological polar surface area (TPSA) is 26.0 Å². The molecule has 1 nitrogen and oxygen atoms in total. The highest BCUT2D eigenvalue weighted by molar-refractivity contribution is 5.32. The minimum absolute atomic E-state index is 0.196. The first-order valence-corrected chi connectivity index (χ1v) is 5.11. The molecule has 0 unspecified atom stereocenters. The van der Waals surface area contributed by atoms with E-state index in [1.807, 2.05) is 13.8 Å². The second-order valence-electron chi connectivity index (χ2n) is 5.55. The number of hydrogen-bond donors (Lipinski definition) is 1. The third-order valence-corrected chi connectivity index (χ3v) is 2.47. The Labute approximate surface area is 87.3 Å². The molecule has 14 heavy (non-hydrogen) atoms. The van der Waals surface area contributed by atoms with Crippen LogP contribution in [-0.2, 0) is 11.0 Å². The minimum Gasteiger partial charge on any atom is -0.322 e. The lowest BCUT2D eigenvalue weighted by atomic mass is 9.83. The van der Waals surface area contributed by atoms with E-state index >= 15 is 0 Å². The van der Waals surface area contributed by atoms with Crippen LogP contribution in [0.4, 0.5) is 0 Å². The summed E-state index contributed by atoms with van der Waals surface area (Å²) in [6, 6.07) is 8.55. The van der Waals surface area contributed by atoms with Crippen molar-refractivity contribution >= 4 is 0 Å². The van der Waals surface area contributed by atoms with Gasteiger partial charge in [-0.3, -0.25) is 0 Å². The minimum atomic E-state index is -0.249. The Balaban J connectivity index is 3.15. The SMILES string of the molecule is CC(C)(C)c1cccc(C(C)(C)N)c1. The molecule has 0 amide bonds. The standard InChI is InChI=1S/C13H21N/c1-12(2,3)10-7-6-8-11(9-10)13(4,5)14/h6-9H,14H2,1-5H3. The normalized spacial score (nSPS) is 13.0. The zero-order valence-electron chi connectivity index (χ0n) is 9.89. The molecule has 1 heteroatoms. The highest BCUT2D eigenvalue weighted by Crippen LogP contribution is 2.26. The number of hydrogen-bond acceptors (Lipinski definition) is 1. The second-order valence-corrected chi connectivity index (χ2v) is 5.55. The molecule has 0 radical (unpaired) electrons. The van der Waals surface area contributed by atoms with E-state index < -0.39 is 0 Å². The van der Waals surface area contributed by atoms with E-state index in [4.69, 9.17) is 5.73 Å². The van der Waals surface area contributed by atoms with Crippen LogP contribution in [0.15, 0.2) is 24.3 Å². The van der Waals surface area contributed by atoms with Crippen LogP contribution in [0.1, 0.15) is 45.7 Å². The Hall–Kier alpha value is -0.820. The predicted octanol–water partition coefficient (Wildman–Crippen LogP) is 3.18. The van der Waals surface area contributed by atoms with E-state index in [9.17, 15) is 0 Å². The van der Waals surface area contributed by atoms with Gasteiger partial charge in [0.1, 0.15) is 0 Å². The molecular formula is C13H21N. The molecule has 2 N–H and O–H groups in total. The third kappa shape index (κ3) is 2.58. The molecule has 0 aliphatic rings. The van der Waals surface area contributed by atoms with Gasteiger partial charge in [0.25, 0.3) is 0 Å². The summed E-state index contributed by atoms with van der Waals surface area (Å²) in [6.45, 7) is 10.7. The summed E-state index contributed by atoms with van der Waals surface area (Å²) in [7, 11) is 0. The summed E-state index contributed by atoms with van der Waals surface area (Å²) in [5, 5.41) is 0. The van der Waals surface area contributed by atoms with Crippen LogP contribution in [0.3, 0.4) is 0 Å². The van der Waals surface area contributed by atoms with Crippen molar-refractivity contribution < 1.29 is 0 Å². The van der Waals surface area contributed by atoms with Gasteiger partial charge in [0.15, 0.2) is 0 Å². The van der Waals surface area contributed by atoms with Crippen molar-refractivity contribution in [3.05, 3.63) is 35.4 Å². The van der Waals surface area contributed by atoms with Gasteiger partial charge in [0.05, 0.1) is 0 Å². The Morgan fingerprint density at radius 3 is 1.86 bits per heavy atom. The quantitative estimate of drug-likeness (QED) is 0.725. The van der Waals surface area contributed by atoms with Crippen molar-refractivity contribution in [2.45, 2.75) is 45.6 Å². The molecule has 0 aliphatic heterocycles. The van der Waals surface area contributed by atoms with Crippen molar-refractivity contribution in [3.63, 3.8) is 0 Å². The summed E-state index contributed by atoms with van der Waals surface area (Å²) in [6.07, 6.45) is 0. The first-order chi connectivity index (χ1) is 6.21. The molecule has 0 spiro atoms. The molecule has 1 rings (SSSR count). The monoisotopic (exact) mass is 191 g/mol. The van der Waals surface area contributed by atoms with Gasteiger partial charge in [-0.1, -0.05) is 45.0 Å². The Kier molecular flexibility index (Phi) is 2.73. The van der Waals surface area contributed by atoms with Gasteiger partial charge < -0.3 is 5.73 Å². The second kappa shape index (κ2) is 3.39. The molecule has 0 bridgehead atoms. The van der Waals surface area contributed by atoms with Gasteiger partial charge in [-0.2, -0.15) is 0 Å². The van der Waals surface area contributed by atoms with Crippen LogP contribution in [0.25, 0.3) is 0 Å². The maximum absolute atomic E-state index is 6.07. The van der Waals surface area contributed by atoms with Crippen molar-refractivity contribution in [1.82, 2.24) is 0 Å². The fraction of sp³-hybridized carbons (Fsp3) is 0.538. The molecular weight excluding hydrogens is 170 g/mol. The molecule has 0 heterocycles. The fourth-order valence-corrected chi connectivity index (χ4v) is 1.39. The molecule has 1 aromatic rings. The molecule has 0 saturated heterocycles. The maximum Gasteiger partial charge on any atom is 0.0352 e. The number of rotatable bonds is 1. The average molecular weight is 191 g/mol. The van der Waals surface area contributed by atoms with Gasteiger partial charge in [-0.25, -0.2) is 0 Å². The smallest absolute Gasteiger partial charge is 0.0352 e. The highest BCUT2D eigenvalue weighted by Gasteiger charge is 2.18. The maximum atomic E-state index is 6.07. The van der Waals surface area contributed by atoms with Crippen molar-refractivity contribution in [2.75, 3.05) is 0 Å². The summed E-state index contributed by atoms with van der Waals surface area (Å²) in [4.78, 5) is 0. The van der Waals surface area contributed by atoms with Gasteiger partial charge >= 0.3 is 0 Å². The Morgan fingerprint density at radius 2 is 1.43 bits per heavy atom. The summed E-state index contributed by atoms with van der Waals surface area (Å²) < 4.78 is 0. The van der Waals surface area contributed by atoms with Crippen LogP contribution in [0.2, 0.25) is 0 Å². The predicted molar refractivity (Wildman–Crippen MR) is 62.4 cm³/mol. The first kappa shape index (κ1) is 11.3. The largest absolute Gasteiger partial charge is 0.322 e. The van der Waals surface area contributed by atoms with E-state index in [1.165, 1.54) is 11.1 Å². The lowest BCUT2D eigenvalue weighted by Gasteiger charge is -2.24. The van der Waals surface area contributed by atoms with E-state index in [0.29, 0.717) is 0 Å². The van der Waals surface area contributed by atoms with Crippen LogP contribution >= 0.6 is 0 Å². The van der Waals surface area contributed by atoms with E-state index in [1.54, 1.807) is 0 Å². The Bertz CT molecular complexity index is 283. The number of nitrogens with two attached hydrogens (primary N) is 1. The van der Waals surface area contributed by atoms with Crippen LogP contribution < -0.4 is 5.73 Å². The molecule has 0 saturated carbocycles. The molecule has 0 aliphatic carbocycles. The zero-order valence-corrected chi connectivity index (χ0v) is 9.89. The van der Waals surface area contributed by atoms with Gasteiger partial charge in [-0.15, -0.1) is 0 Å². The van der Waals surface area contributed by atoms with E-state index in [0.717, 1.165) is 0 Å². The lowest BCUT2D eigenvalue weighted by molar-refractivity contribution is 0.545. The number of benzene rings is 1. The van der Waals surface area contributed by atoms with Crippen molar-refractivity contribution in [1.29, 1.82) is 0 Å². The van der Waals surface area contributed by atoms with Crippen LogP contribution in [0.5, 0.6) is 0 Å². The summed E-state index contributed by atoms with van der Waals surface area (Å²) >= 11 is 0. The lowest BCUT2D eigenvalue weighted by Crippen LogP contribution is -2.29. The van der Waals surface area contributed by atoms with E-state index in [-0.39, 0.29) is 11.0 Å². The highest BCUT2D eigenvalue weighted by atomic mass is 14.7. The van der Waals surface area contributed by atoms with Crippen molar-refractivity contribution in [3.8, 4) is 0 Å². The summed E-state index contributed by atoms with van der Waals surface area (Å²) in [5.41, 5.74) is 8.56. The van der Waals surface area contributed by atoms with Crippen molar-refractivity contribution in [2.24, 2.45) is 5.73 Å². The molecule has 78 valence electrons. The third-order valence-electron chi connectivity index (χ3n) is 2.47. The zero-order chi connectivity index (χ0) is 11.0. The van der Waals surface area contributed by atoms with E-state index in [2.05, 4.69) is 45.0 Å². The van der Waals surface area contributed by atoms with Gasteiger partial charge in [0.2, 0.25) is 0 Å². The summed E-state index contributed by atoms with van der Waals surface area (Å²) in [5.74, 6) is 0. The average Bonchev–Trinajstić information content (AvgIpc) is 2.01.